The molecule has 3 aromatic rings. The van der Waals surface area contributed by atoms with Crippen LogP contribution in [0.2, 0.25) is 0 Å². The van der Waals surface area contributed by atoms with Crippen molar-refractivity contribution in [2.24, 2.45) is 0 Å². The van der Waals surface area contributed by atoms with Gasteiger partial charge in [-0.1, -0.05) is 30.3 Å². The molecule has 0 saturated heterocycles. The molecule has 0 amide bonds. The van der Waals surface area contributed by atoms with Gasteiger partial charge in [0.2, 0.25) is 0 Å². The number of rotatable bonds is 4. The molecule has 98 valence electrons. The fraction of sp³-hybridized carbons (Fsp3) is 0. The first-order chi connectivity index (χ1) is 9.84. The van der Waals surface area contributed by atoms with Gasteiger partial charge in [-0.15, -0.1) is 0 Å². The predicted molar refractivity (Wildman–Crippen MR) is 73.8 cm³/mol. The normalized spacial score (nSPS) is 10.2. The molecular formula is C15H12N4O. The molecule has 0 bridgehead atoms. The van der Waals surface area contributed by atoms with E-state index in [1.54, 1.807) is 64.8 Å². The highest BCUT2D eigenvalue weighted by Gasteiger charge is 2.08. The Labute approximate surface area is 115 Å². The minimum atomic E-state index is -0.0667. The molecule has 20 heavy (non-hydrogen) atoms. The van der Waals surface area contributed by atoms with Gasteiger partial charge in [0.05, 0.1) is 0 Å². The van der Waals surface area contributed by atoms with Crippen LogP contribution in [-0.4, -0.2) is 24.9 Å². The summed E-state index contributed by atoms with van der Waals surface area (Å²) in [6.07, 6.45) is 11.7. The molecule has 1 aromatic carbocycles. The highest BCUT2D eigenvalue weighted by molar-refractivity contribution is 6.04. The van der Waals surface area contributed by atoms with Crippen molar-refractivity contribution in [2.75, 3.05) is 0 Å². The standard InChI is InChI=1S/C15H12N4O/c20-14(13-4-2-1-3-5-13)10-15(18-8-6-16-11-18)19-9-7-17-12-19/h1-12H. The van der Waals surface area contributed by atoms with Gasteiger partial charge in [0, 0.05) is 36.4 Å². The predicted octanol–water partition coefficient (Wildman–Crippen LogP) is 2.13. The first-order valence-corrected chi connectivity index (χ1v) is 6.12. The Morgan fingerprint density at radius 3 is 2.05 bits per heavy atom. The second-order valence-electron chi connectivity index (χ2n) is 4.17. The van der Waals surface area contributed by atoms with Crippen LogP contribution in [-0.2, 0) is 0 Å². The first-order valence-electron chi connectivity index (χ1n) is 6.12. The zero-order valence-electron chi connectivity index (χ0n) is 10.6. The average molecular weight is 264 g/mol. The number of benzene rings is 1. The Kier molecular flexibility index (Phi) is 3.24. The van der Waals surface area contributed by atoms with E-state index >= 15 is 0 Å². The topological polar surface area (TPSA) is 52.7 Å². The van der Waals surface area contributed by atoms with Crippen molar-refractivity contribution in [1.82, 2.24) is 19.1 Å². The lowest BCUT2D eigenvalue weighted by molar-refractivity contribution is 0.104. The molecule has 0 atom stereocenters. The summed E-state index contributed by atoms with van der Waals surface area (Å²) in [5.41, 5.74) is 0.644. The zero-order valence-corrected chi connectivity index (χ0v) is 10.6. The summed E-state index contributed by atoms with van der Waals surface area (Å²) in [5.74, 6) is 0.608. The Balaban J connectivity index is 2.02. The fourth-order valence-electron chi connectivity index (χ4n) is 1.87. The molecule has 0 saturated carbocycles. The van der Waals surface area contributed by atoms with Crippen molar-refractivity contribution >= 4 is 5.78 Å². The maximum atomic E-state index is 12.3. The summed E-state index contributed by atoms with van der Waals surface area (Å²) in [5, 5.41) is 0. The van der Waals surface area contributed by atoms with Crippen LogP contribution in [0.15, 0.2) is 73.8 Å². The van der Waals surface area contributed by atoms with Crippen LogP contribution < -0.4 is 0 Å². The van der Waals surface area contributed by atoms with Crippen molar-refractivity contribution in [2.45, 2.75) is 0 Å². The summed E-state index contributed by atoms with van der Waals surface area (Å²) in [7, 11) is 0. The Hall–Kier alpha value is -2.95. The largest absolute Gasteiger partial charge is 0.292 e. The van der Waals surface area contributed by atoms with Crippen molar-refractivity contribution < 1.29 is 4.79 Å². The molecular weight excluding hydrogens is 252 g/mol. The number of imidazole rings is 2. The van der Waals surface area contributed by atoms with Crippen LogP contribution in [0.5, 0.6) is 0 Å². The van der Waals surface area contributed by atoms with Crippen LogP contribution in [0.25, 0.3) is 0 Å². The third-order valence-corrected chi connectivity index (χ3v) is 2.86. The Morgan fingerprint density at radius 2 is 1.55 bits per heavy atom. The number of allylic oxidation sites excluding steroid dienone is 1. The van der Waals surface area contributed by atoms with Crippen LogP contribution >= 0.6 is 0 Å². The number of ketones is 1. The van der Waals surface area contributed by atoms with E-state index in [0.717, 1.165) is 0 Å². The van der Waals surface area contributed by atoms with Crippen LogP contribution in [0.1, 0.15) is 10.4 Å². The van der Waals surface area contributed by atoms with Crippen LogP contribution in [0.3, 0.4) is 0 Å². The van der Waals surface area contributed by atoms with Gasteiger partial charge in [-0.05, 0) is 0 Å². The molecule has 2 heterocycles. The summed E-state index contributed by atoms with van der Waals surface area (Å²) in [6, 6.07) is 9.15. The molecule has 0 fully saturated rings. The zero-order chi connectivity index (χ0) is 13.8. The number of hydrogen-bond acceptors (Lipinski definition) is 3. The molecule has 0 aliphatic carbocycles. The summed E-state index contributed by atoms with van der Waals surface area (Å²) < 4.78 is 3.53. The Bertz CT molecular complexity index is 676. The summed E-state index contributed by atoms with van der Waals surface area (Å²) in [4.78, 5) is 20.3. The van der Waals surface area contributed by atoms with E-state index in [2.05, 4.69) is 9.97 Å². The van der Waals surface area contributed by atoms with E-state index in [-0.39, 0.29) is 5.78 Å². The second kappa shape index (κ2) is 5.36. The lowest BCUT2D eigenvalue weighted by atomic mass is 10.1. The molecule has 5 heteroatoms. The van der Waals surface area contributed by atoms with E-state index in [9.17, 15) is 4.79 Å². The van der Waals surface area contributed by atoms with Gasteiger partial charge in [0.25, 0.3) is 0 Å². The molecule has 0 aliphatic heterocycles. The van der Waals surface area contributed by atoms with Gasteiger partial charge < -0.3 is 0 Å². The molecule has 0 radical (unpaired) electrons. The molecule has 0 spiro atoms. The van der Waals surface area contributed by atoms with Gasteiger partial charge in [-0.3, -0.25) is 13.9 Å². The van der Waals surface area contributed by atoms with Crippen molar-refractivity contribution in [3.63, 3.8) is 0 Å². The first kappa shape index (κ1) is 12.1. The van der Waals surface area contributed by atoms with E-state index in [1.165, 1.54) is 0 Å². The van der Waals surface area contributed by atoms with Gasteiger partial charge in [-0.2, -0.15) is 0 Å². The maximum absolute atomic E-state index is 12.3. The smallest absolute Gasteiger partial charge is 0.189 e. The summed E-state index contributed by atoms with van der Waals surface area (Å²) in [6.45, 7) is 0. The van der Waals surface area contributed by atoms with Gasteiger partial charge >= 0.3 is 0 Å². The molecule has 2 aromatic heterocycles. The maximum Gasteiger partial charge on any atom is 0.189 e. The third kappa shape index (κ3) is 2.42. The molecule has 3 rings (SSSR count). The highest BCUT2D eigenvalue weighted by atomic mass is 16.1. The minimum Gasteiger partial charge on any atom is -0.292 e. The monoisotopic (exact) mass is 264 g/mol. The van der Waals surface area contributed by atoms with Gasteiger partial charge in [0.1, 0.15) is 18.5 Å². The minimum absolute atomic E-state index is 0.0667. The second-order valence-corrected chi connectivity index (χ2v) is 4.17. The Morgan fingerprint density at radius 1 is 0.950 bits per heavy atom. The van der Waals surface area contributed by atoms with Crippen molar-refractivity contribution in [3.8, 4) is 0 Å². The lowest BCUT2D eigenvalue weighted by Crippen LogP contribution is -2.11. The molecule has 5 nitrogen and oxygen atoms in total. The van der Waals surface area contributed by atoms with Crippen LogP contribution in [0, 0.1) is 5.82 Å². The molecule has 0 unspecified atom stereocenters. The molecule has 0 N–H and O–H groups in total. The third-order valence-electron chi connectivity index (χ3n) is 2.86. The summed E-state index contributed by atoms with van der Waals surface area (Å²) >= 11 is 0. The lowest BCUT2D eigenvalue weighted by Gasteiger charge is -2.09. The van der Waals surface area contributed by atoms with Gasteiger partial charge in [-0.25, -0.2) is 9.97 Å². The quantitative estimate of drug-likeness (QED) is 0.536. The van der Waals surface area contributed by atoms with Crippen LogP contribution in [0.4, 0.5) is 0 Å². The van der Waals surface area contributed by atoms with Gasteiger partial charge in [0.15, 0.2) is 5.78 Å². The number of carbonyl (C=O) groups excluding carboxylic acids is 1. The van der Waals surface area contributed by atoms with E-state index < -0.39 is 0 Å². The van der Waals surface area contributed by atoms with E-state index in [0.29, 0.717) is 11.4 Å². The average Bonchev–Trinajstić information content (AvgIpc) is 3.19. The van der Waals surface area contributed by atoms with Crippen molar-refractivity contribution in [3.05, 3.63) is 85.2 Å². The number of aromatic nitrogens is 4. The van der Waals surface area contributed by atoms with Crippen molar-refractivity contribution in [1.29, 1.82) is 0 Å². The van der Waals surface area contributed by atoms with E-state index in [1.807, 2.05) is 18.2 Å². The fourth-order valence-corrected chi connectivity index (χ4v) is 1.87. The number of nitrogens with zero attached hydrogens (tertiary/aromatic N) is 4. The van der Waals surface area contributed by atoms with E-state index in [4.69, 9.17) is 0 Å². The number of carbonyl (C=O) groups is 1. The SMILES string of the molecule is O=C(C=C(n1ccnc1)n1ccnc1)c1ccccc1. The molecule has 0 aliphatic rings. The highest BCUT2D eigenvalue weighted by Crippen LogP contribution is 2.07. The number of hydrogen-bond donors (Lipinski definition) is 0.